The van der Waals surface area contributed by atoms with Gasteiger partial charge >= 0.3 is 0 Å². The van der Waals surface area contributed by atoms with E-state index in [1.165, 1.54) is 10.6 Å². The molecule has 6 nitrogen and oxygen atoms in total. The Kier molecular flexibility index (Phi) is 7.48. The number of sulfonamides is 1. The van der Waals surface area contributed by atoms with E-state index in [-0.39, 0.29) is 12.5 Å². The largest absolute Gasteiger partial charge is 0.271 e. The van der Waals surface area contributed by atoms with Crippen molar-refractivity contribution in [3.63, 3.8) is 0 Å². The first-order valence-corrected chi connectivity index (χ1v) is 12.5. The molecule has 0 saturated carbocycles. The van der Waals surface area contributed by atoms with Gasteiger partial charge in [0.05, 0.1) is 24.7 Å². The number of hydrogen-bond donors (Lipinski definition) is 1. The van der Waals surface area contributed by atoms with E-state index in [9.17, 15) is 13.2 Å². The first-order valence-electron chi connectivity index (χ1n) is 9.87. The van der Waals surface area contributed by atoms with Crippen LogP contribution in [-0.4, -0.2) is 26.8 Å². The molecule has 0 aliphatic carbocycles. The van der Waals surface area contributed by atoms with E-state index in [4.69, 9.17) is 0 Å². The molecule has 0 atom stereocenters. The van der Waals surface area contributed by atoms with Crippen LogP contribution >= 0.6 is 15.9 Å². The lowest BCUT2D eigenvalue weighted by Gasteiger charge is -2.23. The Balaban J connectivity index is 1.71. The lowest BCUT2D eigenvalue weighted by atomic mass is 10.1. The van der Waals surface area contributed by atoms with Gasteiger partial charge in [-0.3, -0.25) is 9.10 Å². The average Bonchev–Trinajstić information content (AvgIpc) is 2.75. The normalized spacial score (nSPS) is 11.5. The van der Waals surface area contributed by atoms with Crippen LogP contribution in [0.4, 0.5) is 5.69 Å². The number of halogens is 1. The SMILES string of the molecule is Cc1ccc(N(Cc2ccc(C(=O)NN=Cc3ccccc3Br)cc2)S(C)(=O)=O)cc1C. The van der Waals surface area contributed by atoms with Crippen molar-refractivity contribution in [3.8, 4) is 0 Å². The van der Waals surface area contributed by atoms with Gasteiger partial charge in [-0.1, -0.05) is 52.3 Å². The number of rotatable bonds is 7. The van der Waals surface area contributed by atoms with Gasteiger partial charge in [0, 0.05) is 15.6 Å². The maximum Gasteiger partial charge on any atom is 0.271 e. The van der Waals surface area contributed by atoms with Crippen molar-refractivity contribution >= 4 is 43.8 Å². The van der Waals surface area contributed by atoms with Gasteiger partial charge < -0.3 is 0 Å². The number of nitrogens with zero attached hydrogens (tertiary/aromatic N) is 2. The molecule has 0 spiro atoms. The molecule has 0 aliphatic heterocycles. The van der Waals surface area contributed by atoms with E-state index in [0.29, 0.717) is 11.3 Å². The molecule has 166 valence electrons. The Bertz CT molecular complexity index is 1260. The van der Waals surface area contributed by atoms with Gasteiger partial charge in [0.1, 0.15) is 0 Å². The van der Waals surface area contributed by atoms with Crippen molar-refractivity contribution in [1.29, 1.82) is 0 Å². The molecule has 3 aromatic carbocycles. The van der Waals surface area contributed by atoms with Crippen LogP contribution in [0.15, 0.2) is 76.3 Å². The second kappa shape index (κ2) is 10.1. The number of benzene rings is 3. The van der Waals surface area contributed by atoms with Crippen LogP contribution in [0, 0.1) is 13.8 Å². The highest BCUT2D eigenvalue weighted by Crippen LogP contribution is 2.23. The minimum absolute atomic E-state index is 0.170. The molecule has 0 saturated heterocycles. The zero-order valence-corrected chi connectivity index (χ0v) is 20.4. The zero-order valence-electron chi connectivity index (χ0n) is 18.0. The highest BCUT2D eigenvalue weighted by molar-refractivity contribution is 9.10. The van der Waals surface area contributed by atoms with Crippen LogP contribution < -0.4 is 9.73 Å². The van der Waals surface area contributed by atoms with Gasteiger partial charge in [0.15, 0.2) is 0 Å². The number of amides is 1. The molecule has 0 bridgehead atoms. The molecule has 1 amide bonds. The van der Waals surface area contributed by atoms with Gasteiger partial charge in [-0.15, -0.1) is 0 Å². The molecule has 0 unspecified atom stereocenters. The fourth-order valence-electron chi connectivity index (χ4n) is 3.01. The smallest absolute Gasteiger partial charge is 0.267 e. The molecular formula is C24H24BrN3O3S. The van der Waals surface area contributed by atoms with Gasteiger partial charge in [0.25, 0.3) is 5.91 Å². The van der Waals surface area contributed by atoms with E-state index in [2.05, 4.69) is 26.5 Å². The highest BCUT2D eigenvalue weighted by atomic mass is 79.9. The highest BCUT2D eigenvalue weighted by Gasteiger charge is 2.18. The second-order valence-corrected chi connectivity index (χ2v) is 10.2. The predicted octanol–water partition coefficient (Wildman–Crippen LogP) is 4.80. The Labute approximate surface area is 197 Å². The predicted molar refractivity (Wildman–Crippen MR) is 133 cm³/mol. The maximum atomic E-state index is 12.4. The molecule has 0 aromatic heterocycles. The van der Waals surface area contributed by atoms with Crippen LogP contribution in [-0.2, 0) is 16.6 Å². The van der Waals surface area contributed by atoms with Crippen molar-refractivity contribution in [2.24, 2.45) is 5.10 Å². The monoisotopic (exact) mass is 513 g/mol. The summed E-state index contributed by atoms with van der Waals surface area (Å²) in [7, 11) is -3.48. The fourth-order valence-corrected chi connectivity index (χ4v) is 4.28. The third kappa shape index (κ3) is 6.05. The Morgan fingerprint density at radius 1 is 1.03 bits per heavy atom. The third-order valence-corrected chi connectivity index (χ3v) is 6.86. The van der Waals surface area contributed by atoms with E-state index in [0.717, 1.165) is 26.7 Å². The van der Waals surface area contributed by atoms with Crippen LogP contribution in [0.2, 0.25) is 0 Å². The van der Waals surface area contributed by atoms with E-state index >= 15 is 0 Å². The number of nitrogens with one attached hydrogen (secondary N) is 1. The number of hydrazone groups is 1. The van der Waals surface area contributed by atoms with E-state index in [1.54, 1.807) is 36.5 Å². The molecule has 0 fully saturated rings. The fraction of sp³-hybridized carbons (Fsp3) is 0.167. The summed E-state index contributed by atoms with van der Waals surface area (Å²) in [5, 5.41) is 3.99. The quantitative estimate of drug-likeness (QED) is 0.364. The average molecular weight is 514 g/mol. The molecular weight excluding hydrogens is 490 g/mol. The summed E-state index contributed by atoms with van der Waals surface area (Å²) >= 11 is 3.42. The van der Waals surface area contributed by atoms with Crippen LogP contribution in [0.25, 0.3) is 0 Å². The van der Waals surface area contributed by atoms with Crippen molar-refractivity contribution in [3.05, 3.63) is 99.0 Å². The number of carbonyl (C=O) groups is 1. The standard InChI is InChI=1S/C24H24BrN3O3S/c1-17-8-13-22(14-18(17)2)28(32(3,30)31)16-19-9-11-20(12-10-19)24(29)27-26-15-21-6-4-5-7-23(21)25/h4-15H,16H2,1-3H3,(H,27,29). The zero-order chi connectivity index (χ0) is 23.3. The first-order chi connectivity index (χ1) is 15.1. The second-order valence-electron chi connectivity index (χ2n) is 7.46. The van der Waals surface area contributed by atoms with Gasteiger partial charge in [-0.25, -0.2) is 13.8 Å². The maximum absolute atomic E-state index is 12.4. The first kappa shape index (κ1) is 23.7. The summed E-state index contributed by atoms with van der Waals surface area (Å²) in [6.45, 7) is 4.10. The minimum Gasteiger partial charge on any atom is -0.267 e. The summed E-state index contributed by atoms with van der Waals surface area (Å²) in [6.07, 6.45) is 2.75. The molecule has 32 heavy (non-hydrogen) atoms. The summed E-state index contributed by atoms with van der Waals surface area (Å²) < 4.78 is 27.1. The molecule has 8 heteroatoms. The molecule has 1 N–H and O–H groups in total. The van der Waals surface area contributed by atoms with Crippen molar-refractivity contribution < 1.29 is 13.2 Å². The molecule has 3 rings (SSSR count). The Morgan fingerprint density at radius 3 is 2.34 bits per heavy atom. The van der Waals surface area contributed by atoms with Gasteiger partial charge in [0.2, 0.25) is 10.0 Å². The van der Waals surface area contributed by atoms with Crippen LogP contribution in [0.5, 0.6) is 0 Å². The number of carbonyl (C=O) groups excluding carboxylic acids is 1. The van der Waals surface area contributed by atoms with Crippen molar-refractivity contribution in [2.75, 3.05) is 10.6 Å². The van der Waals surface area contributed by atoms with Crippen LogP contribution in [0.1, 0.15) is 32.6 Å². The Morgan fingerprint density at radius 2 is 1.72 bits per heavy atom. The Hall–Kier alpha value is -2.97. The van der Waals surface area contributed by atoms with Crippen LogP contribution in [0.3, 0.4) is 0 Å². The lowest BCUT2D eigenvalue weighted by molar-refractivity contribution is 0.0955. The van der Waals surface area contributed by atoms with Gasteiger partial charge in [-0.05, 0) is 60.9 Å². The van der Waals surface area contributed by atoms with Crippen molar-refractivity contribution in [2.45, 2.75) is 20.4 Å². The third-order valence-electron chi connectivity index (χ3n) is 5.00. The summed E-state index contributed by atoms with van der Waals surface area (Å²) in [4.78, 5) is 12.4. The topological polar surface area (TPSA) is 78.8 Å². The number of hydrogen-bond acceptors (Lipinski definition) is 4. The molecule has 0 aliphatic rings. The summed E-state index contributed by atoms with van der Waals surface area (Å²) in [5.41, 5.74) is 7.26. The van der Waals surface area contributed by atoms with Gasteiger partial charge in [-0.2, -0.15) is 5.10 Å². The van der Waals surface area contributed by atoms with Crippen molar-refractivity contribution in [1.82, 2.24) is 5.43 Å². The summed E-state index contributed by atoms with van der Waals surface area (Å²) in [6, 6.07) is 19.9. The molecule has 0 radical (unpaired) electrons. The number of anilines is 1. The summed E-state index contributed by atoms with van der Waals surface area (Å²) in [5.74, 6) is -0.353. The minimum atomic E-state index is -3.48. The van der Waals surface area contributed by atoms with E-state index < -0.39 is 10.0 Å². The molecule has 0 heterocycles. The lowest BCUT2D eigenvalue weighted by Crippen LogP contribution is -2.29. The molecule has 3 aromatic rings. The number of aryl methyl sites for hydroxylation is 2. The van der Waals surface area contributed by atoms with E-state index in [1.807, 2.05) is 50.2 Å².